The van der Waals surface area contributed by atoms with E-state index in [1.807, 2.05) is 12.4 Å². The van der Waals surface area contributed by atoms with Crippen molar-refractivity contribution in [2.75, 3.05) is 25.0 Å². The number of rotatable bonds is 9. The van der Waals surface area contributed by atoms with Crippen LogP contribution in [-0.4, -0.2) is 74.0 Å². The van der Waals surface area contributed by atoms with Crippen LogP contribution in [0.5, 0.6) is 0 Å². The van der Waals surface area contributed by atoms with Crippen LogP contribution in [0.1, 0.15) is 89.6 Å². The van der Waals surface area contributed by atoms with Crippen LogP contribution in [0.15, 0.2) is 55.0 Å². The standard InChI is InChI=1S/C36H38N8O4/c45-32-9-8-31(34(46)42-32)44-35(47)27-7-6-24(17-28(27)36(44)48)38-12-2-3-21-15-25(16-21)43-20-23(18-40-43)30-19-39-33-26(4-1-5-29(33)41-30)22-10-13-37-14-11-22/h1,4-7,17-22,25,31,37-38H,2-3,8-16H2,(H,42,45,46). The van der Waals surface area contributed by atoms with Gasteiger partial charge in [0.2, 0.25) is 11.8 Å². The summed E-state index contributed by atoms with van der Waals surface area (Å²) in [6, 6.07) is 10.9. The smallest absolute Gasteiger partial charge is 0.262 e. The van der Waals surface area contributed by atoms with Crippen molar-refractivity contribution in [1.82, 2.24) is 35.3 Å². The zero-order valence-corrected chi connectivity index (χ0v) is 26.7. The highest BCUT2D eigenvalue weighted by Crippen LogP contribution is 2.41. The van der Waals surface area contributed by atoms with Crippen molar-refractivity contribution in [1.29, 1.82) is 0 Å². The van der Waals surface area contributed by atoms with E-state index in [9.17, 15) is 19.2 Å². The Balaban J connectivity index is 0.820. The molecule has 0 spiro atoms. The highest BCUT2D eigenvalue weighted by atomic mass is 16.2. The highest BCUT2D eigenvalue weighted by Gasteiger charge is 2.44. The summed E-state index contributed by atoms with van der Waals surface area (Å²) in [4.78, 5) is 60.7. The fourth-order valence-corrected chi connectivity index (χ4v) is 7.69. The summed E-state index contributed by atoms with van der Waals surface area (Å²) in [6.45, 7) is 2.83. The van der Waals surface area contributed by atoms with Crippen molar-refractivity contribution in [2.24, 2.45) is 5.92 Å². The predicted octanol–water partition coefficient (Wildman–Crippen LogP) is 4.20. The van der Waals surface area contributed by atoms with Gasteiger partial charge in [-0.2, -0.15) is 5.10 Å². The van der Waals surface area contributed by atoms with Crippen molar-refractivity contribution in [3.63, 3.8) is 0 Å². The Morgan fingerprint density at radius 2 is 1.77 bits per heavy atom. The molecule has 12 nitrogen and oxygen atoms in total. The maximum atomic E-state index is 13.1. The minimum atomic E-state index is -0.962. The first-order valence-electron chi connectivity index (χ1n) is 17.0. The Kier molecular flexibility index (Phi) is 7.95. The average Bonchev–Trinajstić information content (AvgIpc) is 3.66. The third-order valence-electron chi connectivity index (χ3n) is 10.4. The molecule has 4 aliphatic rings. The molecule has 1 aliphatic carbocycles. The van der Waals surface area contributed by atoms with Crippen molar-refractivity contribution in [2.45, 2.75) is 69.4 Å². The quantitative estimate of drug-likeness (QED) is 0.180. The maximum Gasteiger partial charge on any atom is 0.262 e. The van der Waals surface area contributed by atoms with Crippen LogP contribution in [0, 0.1) is 5.92 Å². The zero-order valence-electron chi connectivity index (χ0n) is 26.7. The second kappa shape index (κ2) is 12.6. The van der Waals surface area contributed by atoms with Gasteiger partial charge in [-0.05, 0) is 99.7 Å². The Morgan fingerprint density at radius 3 is 2.60 bits per heavy atom. The lowest BCUT2D eigenvalue weighted by atomic mass is 9.77. The monoisotopic (exact) mass is 646 g/mol. The maximum absolute atomic E-state index is 13.1. The summed E-state index contributed by atoms with van der Waals surface area (Å²) in [5, 5.41) is 13.7. The normalized spacial score (nSPS) is 22.9. The van der Waals surface area contributed by atoms with Crippen LogP contribution in [0.25, 0.3) is 22.3 Å². The lowest BCUT2D eigenvalue weighted by molar-refractivity contribution is -0.136. The number of nitrogens with one attached hydrogen (secondary N) is 3. The van der Waals surface area contributed by atoms with E-state index >= 15 is 0 Å². The van der Waals surface area contributed by atoms with E-state index in [1.54, 1.807) is 18.2 Å². The molecule has 1 saturated carbocycles. The van der Waals surface area contributed by atoms with Gasteiger partial charge in [-0.3, -0.25) is 39.1 Å². The van der Waals surface area contributed by atoms with Crippen LogP contribution in [0.4, 0.5) is 5.69 Å². The summed E-state index contributed by atoms with van der Waals surface area (Å²) < 4.78 is 2.07. The molecule has 5 heterocycles. The van der Waals surface area contributed by atoms with Crippen LogP contribution >= 0.6 is 0 Å². The molecular weight excluding hydrogens is 608 g/mol. The molecule has 246 valence electrons. The predicted molar refractivity (Wildman–Crippen MR) is 178 cm³/mol. The van der Waals surface area contributed by atoms with Crippen LogP contribution in [0.3, 0.4) is 0 Å². The molecule has 8 rings (SSSR count). The molecule has 3 N–H and O–H groups in total. The van der Waals surface area contributed by atoms with E-state index in [2.05, 4.69) is 50.1 Å². The van der Waals surface area contributed by atoms with Gasteiger partial charge in [0, 0.05) is 30.4 Å². The summed E-state index contributed by atoms with van der Waals surface area (Å²) in [5.74, 6) is -0.834. The van der Waals surface area contributed by atoms with Gasteiger partial charge in [0.1, 0.15) is 6.04 Å². The van der Waals surface area contributed by atoms with E-state index in [0.29, 0.717) is 17.9 Å². The molecule has 3 aliphatic heterocycles. The van der Waals surface area contributed by atoms with E-state index < -0.39 is 23.8 Å². The summed E-state index contributed by atoms with van der Waals surface area (Å²) >= 11 is 0. The SMILES string of the molecule is O=C1CCC(N2C(=O)c3ccc(NCCCC4CC(n5cc(-c6cnc7c(C8CCNCC8)cccc7n6)cn5)C4)cc3C2=O)C(=O)N1. The minimum Gasteiger partial charge on any atom is -0.385 e. The number of fused-ring (bicyclic) bond motifs is 2. The molecule has 1 atom stereocenters. The molecule has 48 heavy (non-hydrogen) atoms. The van der Waals surface area contributed by atoms with E-state index in [0.717, 1.165) is 91.0 Å². The van der Waals surface area contributed by atoms with E-state index in [1.165, 1.54) is 5.56 Å². The zero-order chi connectivity index (χ0) is 32.8. The van der Waals surface area contributed by atoms with E-state index in [4.69, 9.17) is 9.97 Å². The third kappa shape index (κ3) is 5.63. The van der Waals surface area contributed by atoms with Crippen LogP contribution in [0.2, 0.25) is 0 Å². The molecule has 2 saturated heterocycles. The van der Waals surface area contributed by atoms with Gasteiger partial charge < -0.3 is 10.6 Å². The van der Waals surface area contributed by atoms with Crippen LogP contribution in [-0.2, 0) is 9.59 Å². The van der Waals surface area contributed by atoms with Crippen molar-refractivity contribution >= 4 is 40.3 Å². The third-order valence-corrected chi connectivity index (χ3v) is 10.4. The Hall–Kier alpha value is -4.97. The van der Waals surface area contributed by atoms with E-state index in [-0.39, 0.29) is 29.9 Å². The Labute approximate surface area is 277 Å². The largest absolute Gasteiger partial charge is 0.385 e. The summed E-state index contributed by atoms with van der Waals surface area (Å²) in [5.41, 5.74) is 6.40. The van der Waals surface area contributed by atoms with Gasteiger partial charge in [-0.25, -0.2) is 4.98 Å². The number of piperidine rings is 2. The molecule has 0 bridgehead atoms. The first-order valence-corrected chi connectivity index (χ1v) is 17.0. The molecule has 0 radical (unpaired) electrons. The summed E-state index contributed by atoms with van der Waals surface area (Å²) in [7, 11) is 0. The fraction of sp³-hybridized carbons (Fsp3) is 0.417. The number of carbonyl (C=O) groups is 4. The van der Waals surface area contributed by atoms with Crippen molar-refractivity contribution in [3.05, 3.63) is 71.7 Å². The highest BCUT2D eigenvalue weighted by molar-refractivity contribution is 6.23. The fourth-order valence-electron chi connectivity index (χ4n) is 7.69. The first kappa shape index (κ1) is 30.4. The number of amides is 4. The molecule has 2 aromatic carbocycles. The lowest BCUT2D eigenvalue weighted by Crippen LogP contribution is -2.54. The van der Waals surface area contributed by atoms with Gasteiger partial charge in [0.05, 0.1) is 46.3 Å². The number of imide groups is 2. The molecule has 3 fully saturated rings. The average molecular weight is 647 g/mol. The van der Waals surface area contributed by atoms with Gasteiger partial charge >= 0.3 is 0 Å². The number of hydrogen-bond donors (Lipinski definition) is 3. The number of nitrogens with zero attached hydrogens (tertiary/aromatic N) is 5. The topological polar surface area (TPSA) is 151 Å². The molecular formula is C36H38N8O4. The number of para-hydroxylation sites is 1. The molecule has 2 aromatic heterocycles. The van der Waals surface area contributed by atoms with Gasteiger partial charge in [0.25, 0.3) is 11.8 Å². The van der Waals surface area contributed by atoms with Gasteiger partial charge in [0.15, 0.2) is 0 Å². The number of anilines is 1. The number of benzene rings is 2. The number of aromatic nitrogens is 4. The molecule has 4 aromatic rings. The van der Waals surface area contributed by atoms with Gasteiger partial charge in [-0.1, -0.05) is 12.1 Å². The Bertz CT molecular complexity index is 1930. The minimum absolute atomic E-state index is 0.0986. The first-order chi connectivity index (χ1) is 23.4. The molecule has 12 heteroatoms. The second-order valence-electron chi connectivity index (χ2n) is 13.5. The Morgan fingerprint density at radius 1 is 0.938 bits per heavy atom. The molecule has 1 unspecified atom stereocenters. The molecule has 4 amide bonds. The summed E-state index contributed by atoms with van der Waals surface area (Å²) in [6.07, 6.45) is 12.6. The number of carbonyl (C=O) groups excluding carboxylic acids is 4. The number of hydrogen-bond acceptors (Lipinski definition) is 9. The van der Waals surface area contributed by atoms with Crippen molar-refractivity contribution < 1.29 is 19.2 Å². The van der Waals surface area contributed by atoms with Crippen molar-refractivity contribution in [3.8, 4) is 11.3 Å². The lowest BCUT2D eigenvalue weighted by Gasteiger charge is -2.35. The van der Waals surface area contributed by atoms with Gasteiger partial charge in [-0.15, -0.1) is 0 Å². The second-order valence-corrected chi connectivity index (χ2v) is 13.5. The van der Waals surface area contributed by atoms with Crippen LogP contribution < -0.4 is 16.0 Å².